The summed E-state index contributed by atoms with van der Waals surface area (Å²) in [6.45, 7) is 2.26. The standard InChI is InChI=1S/C12H17BrN2O3S.ClH/c1-18-11-3-2-10(13)6-12(11)19(16,17)15-8-9-4-5-14-7-9;/h2-3,6,9,14-15H,4-5,7-8H2,1H3;1H. The fourth-order valence-corrected chi connectivity index (χ4v) is 3.88. The first-order chi connectivity index (χ1) is 9.03. The van der Waals surface area contributed by atoms with Gasteiger partial charge in [0.25, 0.3) is 0 Å². The number of benzene rings is 1. The second-order valence-electron chi connectivity index (χ2n) is 4.51. The summed E-state index contributed by atoms with van der Waals surface area (Å²) in [4.78, 5) is 0.162. The van der Waals surface area contributed by atoms with Crippen LogP contribution >= 0.6 is 28.3 Å². The molecule has 8 heteroatoms. The zero-order chi connectivity index (χ0) is 13.9. The van der Waals surface area contributed by atoms with Crippen LogP contribution in [0.4, 0.5) is 0 Å². The molecule has 1 aromatic carbocycles. The Balaban J connectivity index is 0.00000200. The number of nitrogens with one attached hydrogen (secondary N) is 2. The predicted octanol–water partition coefficient (Wildman–Crippen LogP) is 1.77. The predicted molar refractivity (Wildman–Crippen MR) is 84.1 cm³/mol. The van der Waals surface area contributed by atoms with Crippen LogP contribution in [0.3, 0.4) is 0 Å². The van der Waals surface area contributed by atoms with E-state index in [2.05, 4.69) is 26.0 Å². The average molecular weight is 386 g/mol. The van der Waals surface area contributed by atoms with E-state index >= 15 is 0 Å². The third-order valence-electron chi connectivity index (χ3n) is 3.14. The molecule has 1 atom stereocenters. The summed E-state index contributed by atoms with van der Waals surface area (Å²) in [7, 11) is -2.08. The molecule has 2 N–H and O–H groups in total. The van der Waals surface area contributed by atoms with Crippen molar-refractivity contribution in [2.24, 2.45) is 5.92 Å². The molecule has 20 heavy (non-hydrogen) atoms. The fourth-order valence-electron chi connectivity index (χ4n) is 2.05. The van der Waals surface area contributed by atoms with Crippen molar-refractivity contribution in [1.82, 2.24) is 10.0 Å². The zero-order valence-electron chi connectivity index (χ0n) is 11.1. The first-order valence-corrected chi connectivity index (χ1v) is 8.34. The van der Waals surface area contributed by atoms with Gasteiger partial charge in [0.05, 0.1) is 7.11 Å². The Morgan fingerprint density at radius 2 is 2.25 bits per heavy atom. The first-order valence-electron chi connectivity index (χ1n) is 6.07. The number of hydrogen-bond donors (Lipinski definition) is 2. The van der Waals surface area contributed by atoms with Gasteiger partial charge < -0.3 is 10.1 Å². The van der Waals surface area contributed by atoms with Crippen LogP contribution in [0.25, 0.3) is 0 Å². The van der Waals surface area contributed by atoms with Crippen LogP contribution in [0.5, 0.6) is 5.75 Å². The van der Waals surface area contributed by atoms with Gasteiger partial charge in [-0.1, -0.05) is 15.9 Å². The highest BCUT2D eigenvalue weighted by atomic mass is 79.9. The average Bonchev–Trinajstić information content (AvgIpc) is 2.89. The SMILES string of the molecule is COc1ccc(Br)cc1S(=O)(=O)NCC1CCNC1.Cl. The Morgan fingerprint density at radius 1 is 1.50 bits per heavy atom. The van der Waals surface area contributed by atoms with E-state index in [0.717, 1.165) is 19.5 Å². The number of sulfonamides is 1. The molecule has 1 heterocycles. The molecular weight excluding hydrogens is 368 g/mol. The molecule has 114 valence electrons. The molecule has 1 unspecified atom stereocenters. The van der Waals surface area contributed by atoms with Gasteiger partial charge in [0.2, 0.25) is 10.0 Å². The quantitative estimate of drug-likeness (QED) is 0.810. The number of rotatable bonds is 5. The van der Waals surface area contributed by atoms with Gasteiger partial charge >= 0.3 is 0 Å². The Morgan fingerprint density at radius 3 is 2.85 bits per heavy atom. The van der Waals surface area contributed by atoms with Gasteiger partial charge in [-0.25, -0.2) is 13.1 Å². The lowest BCUT2D eigenvalue weighted by Crippen LogP contribution is -2.30. The van der Waals surface area contributed by atoms with E-state index in [1.54, 1.807) is 18.2 Å². The summed E-state index contributed by atoms with van der Waals surface area (Å²) in [5.74, 6) is 0.702. The van der Waals surface area contributed by atoms with Crippen molar-refractivity contribution < 1.29 is 13.2 Å². The van der Waals surface area contributed by atoms with Crippen LogP contribution in [0.15, 0.2) is 27.6 Å². The van der Waals surface area contributed by atoms with Crippen molar-refractivity contribution in [3.8, 4) is 5.75 Å². The zero-order valence-corrected chi connectivity index (χ0v) is 14.3. The van der Waals surface area contributed by atoms with Crippen LogP contribution in [-0.4, -0.2) is 35.2 Å². The highest BCUT2D eigenvalue weighted by molar-refractivity contribution is 9.10. The molecule has 5 nitrogen and oxygen atoms in total. The molecule has 0 saturated carbocycles. The lowest BCUT2D eigenvalue weighted by atomic mass is 10.1. The van der Waals surface area contributed by atoms with E-state index in [1.165, 1.54) is 7.11 Å². The molecule has 1 aliphatic rings. The Labute approximate surface area is 134 Å². The molecule has 0 radical (unpaired) electrons. The van der Waals surface area contributed by atoms with Crippen molar-refractivity contribution in [2.45, 2.75) is 11.3 Å². The Bertz CT molecular complexity index is 548. The lowest BCUT2D eigenvalue weighted by Gasteiger charge is -2.13. The molecule has 1 saturated heterocycles. The second-order valence-corrected chi connectivity index (χ2v) is 7.16. The number of methoxy groups -OCH3 is 1. The number of ether oxygens (including phenoxy) is 1. The Kier molecular flexibility index (Phi) is 6.74. The van der Waals surface area contributed by atoms with E-state index in [4.69, 9.17) is 4.74 Å². The van der Waals surface area contributed by atoms with Gasteiger partial charge in [0, 0.05) is 11.0 Å². The van der Waals surface area contributed by atoms with Crippen molar-refractivity contribution in [3.05, 3.63) is 22.7 Å². The molecule has 0 aliphatic carbocycles. The first kappa shape index (κ1) is 17.7. The molecule has 1 aromatic rings. The lowest BCUT2D eigenvalue weighted by molar-refractivity contribution is 0.402. The number of halogens is 2. The Hall–Kier alpha value is -0.340. The van der Waals surface area contributed by atoms with Gasteiger partial charge in [0.1, 0.15) is 10.6 Å². The van der Waals surface area contributed by atoms with Crippen LogP contribution in [0, 0.1) is 5.92 Å². The van der Waals surface area contributed by atoms with Crippen molar-refractivity contribution >= 4 is 38.4 Å². The molecule has 0 spiro atoms. The highest BCUT2D eigenvalue weighted by Crippen LogP contribution is 2.27. The monoisotopic (exact) mass is 384 g/mol. The van der Waals surface area contributed by atoms with Crippen LogP contribution in [0.2, 0.25) is 0 Å². The molecule has 2 rings (SSSR count). The van der Waals surface area contributed by atoms with Crippen LogP contribution < -0.4 is 14.8 Å². The van der Waals surface area contributed by atoms with Crippen molar-refractivity contribution in [3.63, 3.8) is 0 Å². The molecular formula is C12H18BrClN2O3S. The van der Waals surface area contributed by atoms with Gasteiger partial charge in [-0.05, 0) is 43.6 Å². The molecule has 0 bridgehead atoms. The summed E-state index contributed by atoms with van der Waals surface area (Å²) in [5.41, 5.74) is 0. The summed E-state index contributed by atoms with van der Waals surface area (Å²) in [5, 5.41) is 3.21. The minimum atomic E-state index is -3.55. The molecule has 0 amide bonds. The highest BCUT2D eigenvalue weighted by Gasteiger charge is 2.22. The van der Waals surface area contributed by atoms with Crippen molar-refractivity contribution in [2.75, 3.05) is 26.7 Å². The van der Waals surface area contributed by atoms with E-state index in [-0.39, 0.29) is 17.3 Å². The molecule has 0 aromatic heterocycles. The third kappa shape index (κ3) is 4.33. The maximum absolute atomic E-state index is 12.3. The molecule has 1 aliphatic heterocycles. The summed E-state index contributed by atoms with van der Waals surface area (Å²) >= 11 is 3.28. The summed E-state index contributed by atoms with van der Waals surface area (Å²) < 4.78 is 33.0. The van der Waals surface area contributed by atoms with E-state index in [1.807, 2.05) is 0 Å². The topological polar surface area (TPSA) is 67.4 Å². The van der Waals surface area contributed by atoms with Crippen molar-refractivity contribution in [1.29, 1.82) is 0 Å². The third-order valence-corrected chi connectivity index (χ3v) is 5.08. The second kappa shape index (κ2) is 7.61. The van der Waals surface area contributed by atoms with Crippen LogP contribution in [0.1, 0.15) is 6.42 Å². The minimum Gasteiger partial charge on any atom is -0.495 e. The van der Waals surface area contributed by atoms with E-state index in [9.17, 15) is 8.42 Å². The largest absolute Gasteiger partial charge is 0.495 e. The summed E-state index contributed by atoms with van der Waals surface area (Å²) in [6.07, 6.45) is 0.998. The van der Waals surface area contributed by atoms with E-state index in [0.29, 0.717) is 22.7 Å². The maximum Gasteiger partial charge on any atom is 0.244 e. The molecule has 1 fully saturated rings. The normalized spacial score (nSPS) is 18.6. The van der Waals surface area contributed by atoms with Gasteiger partial charge in [0.15, 0.2) is 0 Å². The fraction of sp³-hybridized carbons (Fsp3) is 0.500. The smallest absolute Gasteiger partial charge is 0.244 e. The number of hydrogen-bond acceptors (Lipinski definition) is 4. The van der Waals surface area contributed by atoms with Gasteiger partial charge in [-0.15, -0.1) is 12.4 Å². The maximum atomic E-state index is 12.3. The van der Waals surface area contributed by atoms with Gasteiger partial charge in [-0.3, -0.25) is 0 Å². The van der Waals surface area contributed by atoms with E-state index < -0.39 is 10.0 Å². The summed E-state index contributed by atoms with van der Waals surface area (Å²) in [6, 6.07) is 4.93. The van der Waals surface area contributed by atoms with Gasteiger partial charge in [-0.2, -0.15) is 0 Å². The van der Waals surface area contributed by atoms with Crippen LogP contribution in [-0.2, 0) is 10.0 Å². The minimum absolute atomic E-state index is 0.